The summed E-state index contributed by atoms with van der Waals surface area (Å²) >= 11 is 0. The second kappa shape index (κ2) is 14.1. The molecular weight excluding hydrogens is 527 g/mol. The first-order valence-corrected chi connectivity index (χ1v) is 11.6. The number of aryl methyl sites for hydroxylation is 1. The van der Waals surface area contributed by atoms with Crippen molar-refractivity contribution < 1.29 is 9.53 Å². The number of amides is 1. The number of carbonyl (C=O) groups is 1. The summed E-state index contributed by atoms with van der Waals surface area (Å²) in [5.74, 6) is 1.83. The number of benzene rings is 2. The molecule has 33 heavy (non-hydrogen) atoms. The Kier molecular flexibility index (Phi) is 11.5. The summed E-state index contributed by atoms with van der Waals surface area (Å²) < 4.78 is 5.42. The molecule has 2 N–H and O–H groups in total. The van der Waals surface area contributed by atoms with Crippen LogP contribution in [0.15, 0.2) is 47.5 Å². The van der Waals surface area contributed by atoms with E-state index in [-0.39, 0.29) is 29.9 Å². The van der Waals surface area contributed by atoms with Crippen LogP contribution in [0.25, 0.3) is 0 Å². The number of piperidine rings is 1. The molecule has 0 atom stereocenters. The number of hydrogen-bond acceptors (Lipinski definition) is 3. The highest BCUT2D eigenvalue weighted by molar-refractivity contribution is 14.0. The smallest absolute Gasteiger partial charge is 0.253 e. The van der Waals surface area contributed by atoms with E-state index in [0.717, 1.165) is 73.8 Å². The molecule has 1 aliphatic rings. The molecule has 7 heteroatoms. The number of methoxy groups -OCH3 is 1. The van der Waals surface area contributed by atoms with Crippen molar-refractivity contribution in [2.75, 3.05) is 33.3 Å². The van der Waals surface area contributed by atoms with Gasteiger partial charge in [-0.25, -0.2) is 4.99 Å². The number of rotatable bonds is 8. The van der Waals surface area contributed by atoms with E-state index >= 15 is 0 Å². The highest BCUT2D eigenvalue weighted by Crippen LogP contribution is 2.19. The van der Waals surface area contributed by atoms with Crippen LogP contribution in [-0.2, 0) is 13.0 Å². The van der Waals surface area contributed by atoms with Crippen molar-refractivity contribution in [3.63, 3.8) is 0 Å². The van der Waals surface area contributed by atoms with E-state index in [1.54, 1.807) is 7.11 Å². The summed E-state index contributed by atoms with van der Waals surface area (Å²) in [4.78, 5) is 19.5. The molecule has 0 bridgehead atoms. The topological polar surface area (TPSA) is 66.0 Å². The van der Waals surface area contributed by atoms with Gasteiger partial charge < -0.3 is 20.3 Å². The van der Waals surface area contributed by atoms with E-state index in [1.165, 1.54) is 12.0 Å². The van der Waals surface area contributed by atoms with Gasteiger partial charge in [-0.3, -0.25) is 4.79 Å². The van der Waals surface area contributed by atoms with Crippen molar-refractivity contribution in [1.29, 1.82) is 0 Å². The molecule has 0 radical (unpaired) electrons. The fourth-order valence-electron chi connectivity index (χ4n) is 3.94. The summed E-state index contributed by atoms with van der Waals surface area (Å²) in [5, 5.41) is 6.70. The predicted molar refractivity (Wildman–Crippen MR) is 146 cm³/mol. The van der Waals surface area contributed by atoms with Crippen LogP contribution >= 0.6 is 24.0 Å². The second-order valence-corrected chi connectivity index (χ2v) is 8.23. The van der Waals surface area contributed by atoms with Crippen LogP contribution in [0.5, 0.6) is 5.75 Å². The lowest BCUT2D eigenvalue weighted by Gasteiger charge is -2.26. The third-order valence-corrected chi connectivity index (χ3v) is 5.76. The summed E-state index contributed by atoms with van der Waals surface area (Å²) in [6.45, 7) is 7.91. The second-order valence-electron chi connectivity index (χ2n) is 8.23. The number of nitrogens with one attached hydrogen (secondary N) is 2. The Morgan fingerprint density at radius 3 is 2.58 bits per heavy atom. The Balaban J connectivity index is 0.00000385. The fraction of sp³-hybridized carbons (Fsp3) is 0.462. The molecule has 6 nitrogen and oxygen atoms in total. The maximum Gasteiger partial charge on any atom is 0.253 e. The van der Waals surface area contributed by atoms with Crippen molar-refractivity contribution in [3.05, 3.63) is 64.7 Å². The van der Waals surface area contributed by atoms with Gasteiger partial charge in [-0.15, -0.1) is 24.0 Å². The average Bonchev–Trinajstić information content (AvgIpc) is 2.83. The SMILES string of the molecule is CCNC(=NCc1cccc(C(=O)N2CCCCC2)c1)NCCc1ccc(C)c(OC)c1.I. The van der Waals surface area contributed by atoms with Crippen LogP contribution in [0.1, 0.15) is 53.2 Å². The van der Waals surface area contributed by atoms with Crippen LogP contribution in [-0.4, -0.2) is 50.1 Å². The molecule has 0 aliphatic carbocycles. The Morgan fingerprint density at radius 1 is 1.06 bits per heavy atom. The van der Waals surface area contributed by atoms with E-state index < -0.39 is 0 Å². The molecule has 0 unspecified atom stereocenters. The van der Waals surface area contributed by atoms with Gasteiger partial charge in [0.2, 0.25) is 0 Å². The number of nitrogens with zero attached hydrogens (tertiary/aromatic N) is 2. The predicted octanol–water partition coefficient (Wildman–Crippen LogP) is 4.55. The lowest BCUT2D eigenvalue weighted by atomic mass is 10.1. The van der Waals surface area contributed by atoms with Crippen LogP contribution in [0, 0.1) is 6.92 Å². The summed E-state index contributed by atoms with van der Waals surface area (Å²) in [5.41, 5.74) is 4.15. The quantitative estimate of drug-likeness (QED) is 0.281. The first kappa shape index (κ1) is 27.0. The molecule has 1 heterocycles. The Labute approximate surface area is 215 Å². The first-order chi connectivity index (χ1) is 15.6. The van der Waals surface area contributed by atoms with Gasteiger partial charge in [0, 0.05) is 31.7 Å². The first-order valence-electron chi connectivity index (χ1n) is 11.6. The minimum absolute atomic E-state index is 0. The normalized spacial score (nSPS) is 13.8. The number of ether oxygens (including phenoxy) is 1. The van der Waals surface area contributed by atoms with Gasteiger partial charge in [-0.2, -0.15) is 0 Å². The number of carbonyl (C=O) groups excluding carboxylic acids is 1. The minimum atomic E-state index is 0. The molecule has 3 rings (SSSR count). The third-order valence-electron chi connectivity index (χ3n) is 5.76. The lowest BCUT2D eigenvalue weighted by Crippen LogP contribution is -2.38. The van der Waals surface area contributed by atoms with Gasteiger partial charge in [0.25, 0.3) is 5.91 Å². The molecule has 1 saturated heterocycles. The maximum atomic E-state index is 12.8. The van der Waals surface area contributed by atoms with Gasteiger partial charge in [-0.05, 0) is 74.4 Å². The number of hydrogen-bond donors (Lipinski definition) is 2. The summed E-state index contributed by atoms with van der Waals surface area (Å²) in [6, 6.07) is 14.2. The number of halogens is 1. The third kappa shape index (κ3) is 8.21. The highest BCUT2D eigenvalue weighted by atomic mass is 127. The van der Waals surface area contributed by atoms with Crippen molar-refractivity contribution in [3.8, 4) is 5.75 Å². The molecule has 2 aromatic rings. The van der Waals surface area contributed by atoms with Gasteiger partial charge in [0.1, 0.15) is 5.75 Å². The van der Waals surface area contributed by atoms with Crippen LogP contribution in [0.2, 0.25) is 0 Å². The van der Waals surface area contributed by atoms with E-state index in [9.17, 15) is 4.79 Å². The zero-order chi connectivity index (χ0) is 22.8. The summed E-state index contributed by atoms with van der Waals surface area (Å²) in [7, 11) is 1.70. The molecule has 0 aromatic heterocycles. The zero-order valence-corrected chi connectivity index (χ0v) is 22.4. The highest BCUT2D eigenvalue weighted by Gasteiger charge is 2.18. The Hall–Kier alpha value is -2.29. The molecule has 2 aromatic carbocycles. The van der Waals surface area contributed by atoms with Gasteiger partial charge in [-0.1, -0.05) is 24.3 Å². The van der Waals surface area contributed by atoms with E-state index in [1.807, 2.05) is 36.1 Å². The molecule has 1 fully saturated rings. The minimum Gasteiger partial charge on any atom is -0.496 e. The molecule has 0 spiro atoms. The van der Waals surface area contributed by atoms with Gasteiger partial charge in [0.15, 0.2) is 5.96 Å². The average molecular weight is 565 g/mol. The van der Waals surface area contributed by atoms with E-state index in [4.69, 9.17) is 9.73 Å². The number of likely N-dealkylation sites (tertiary alicyclic amines) is 1. The van der Waals surface area contributed by atoms with Crippen LogP contribution < -0.4 is 15.4 Å². The molecule has 180 valence electrons. The molecular formula is C26H37IN4O2. The van der Waals surface area contributed by atoms with E-state index in [0.29, 0.717) is 6.54 Å². The van der Waals surface area contributed by atoms with Crippen LogP contribution in [0.3, 0.4) is 0 Å². The van der Waals surface area contributed by atoms with Gasteiger partial charge in [0.05, 0.1) is 13.7 Å². The number of guanidine groups is 1. The maximum absolute atomic E-state index is 12.8. The van der Waals surface area contributed by atoms with Crippen molar-refractivity contribution in [2.45, 2.75) is 46.1 Å². The van der Waals surface area contributed by atoms with Gasteiger partial charge >= 0.3 is 0 Å². The largest absolute Gasteiger partial charge is 0.496 e. The number of aliphatic imine (C=N–C) groups is 1. The molecule has 0 saturated carbocycles. The molecule has 1 amide bonds. The monoisotopic (exact) mass is 564 g/mol. The Morgan fingerprint density at radius 2 is 1.85 bits per heavy atom. The molecule has 1 aliphatic heterocycles. The lowest BCUT2D eigenvalue weighted by molar-refractivity contribution is 0.0724. The zero-order valence-electron chi connectivity index (χ0n) is 20.0. The van der Waals surface area contributed by atoms with Crippen molar-refractivity contribution >= 4 is 35.8 Å². The van der Waals surface area contributed by atoms with Crippen molar-refractivity contribution in [1.82, 2.24) is 15.5 Å². The van der Waals surface area contributed by atoms with E-state index in [2.05, 4.69) is 35.8 Å². The van der Waals surface area contributed by atoms with Crippen molar-refractivity contribution in [2.24, 2.45) is 4.99 Å². The summed E-state index contributed by atoms with van der Waals surface area (Å²) in [6.07, 6.45) is 4.29. The Bertz CT molecular complexity index is 926. The fourth-order valence-corrected chi connectivity index (χ4v) is 3.94. The van der Waals surface area contributed by atoms with Crippen LogP contribution in [0.4, 0.5) is 0 Å². The standard InChI is InChI=1S/C26H36N4O2.HI/c1-4-27-26(28-14-13-21-12-11-20(2)24(18-21)32-3)29-19-22-9-8-10-23(17-22)25(31)30-15-6-5-7-16-30;/h8-12,17-18H,4-7,13-16,19H2,1-3H3,(H2,27,28,29);1H.